The van der Waals surface area contributed by atoms with E-state index < -0.39 is 12.0 Å². The molecular formula is C13H14N4O3S. The van der Waals surface area contributed by atoms with E-state index in [2.05, 4.69) is 10.3 Å². The summed E-state index contributed by atoms with van der Waals surface area (Å²) in [6, 6.07) is 4.40. The molecule has 1 amide bonds. The summed E-state index contributed by atoms with van der Waals surface area (Å²) < 4.78 is 1.75. The third-order valence-corrected chi connectivity index (χ3v) is 4.50. The molecule has 1 fully saturated rings. The smallest absolute Gasteiger partial charge is 0.327 e. The molecule has 0 radical (unpaired) electrons. The van der Waals surface area contributed by atoms with Crippen LogP contribution in [0.4, 0.5) is 0 Å². The minimum atomic E-state index is -0.966. The van der Waals surface area contributed by atoms with Crippen LogP contribution in [0.5, 0.6) is 0 Å². The number of fused-ring (bicyclic) bond motifs is 1. The average molecular weight is 306 g/mol. The molecule has 3 rings (SSSR count). The van der Waals surface area contributed by atoms with E-state index in [4.69, 9.17) is 5.11 Å². The Bertz CT molecular complexity index is 715. The number of aryl methyl sites for hydroxylation is 1. The predicted molar refractivity (Wildman–Crippen MR) is 78.1 cm³/mol. The molecule has 1 aromatic carbocycles. The molecule has 1 aliphatic heterocycles. The van der Waals surface area contributed by atoms with Crippen LogP contribution in [0.1, 0.15) is 17.3 Å². The monoisotopic (exact) mass is 306 g/mol. The van der Waals surface area contributed by atoms with Crippen molar-refractivity contribution in [1.29, 1.82) is 0 Å². The van der Waals surface area contributed by atoms with E-state index in [-0.39, 0.29) is 5.91 Å². The van der Waals surface area contributed by atoms with Crippen molar-refractivity contribution < 1.29 is 14.7 Å². The number of amides is 1. The first-order valence-corrected chi connectivity index (χ1v) is 7.72. The summed E-state index contributed by atoms with van der Waals surface area (Å²) in [5, 5.41) is 17.2. The molecule has 0 spiro atoms. The van der Waals surface area contributed by atoms with E-state index in [0.717, 1.165) is 5.52 Å². The molecule has 21 heavy (non-hydrogen) atoms. The van der Waals surface area contributed by atoms with Gasteiger partial charge in [-0.3, -0.25) is 4.79 Å². The Morgan fingerprint density at radius 1 is 1.48 bits per heavy atom. The number of hydrogen-bond donors (Lipinski definition) is 1. The molecule has 2 aromatic rings. The van der Waals surface area contributed by atoms with Crippen molar-refractivity contribution in [1.82, 2.24) is 19.9 Å². The van der Waals surface area contributed by atoms with Gasteiger partial charge in [-0.25, -0.2) is 9.48 Å². The minimum absolute atomic E-state index is 0.277. The van der Waals surface area contributed by atoms with Gasteiger partial charge in [0, 0.05) is 17.9 Å². The maximum absolute atomic E-state index is 12.5. The third kappa shape index (κ3) is 2.35. The molecule has 0 saturated carbocycles. The maximum Gasteiger partial charge on any atom is 0.327 e. The van der Waals surface area contributed by atoms with Crippen LogP contribution >= 0.6 is 11.8 Å². The van der Waals surface area contributed by atoms with Gasteiger partial charge >= 0.3 is 5.97 Å². The second-order valence-corrected chi connectivity index (χ2v) is 5.74. The summed E-state index contributed by atoms with van der Waals surface area (Å²) in [5.74, 6) is -0.420. The number of rotatable bonds is 3. The average Bonchev–Trinajstić information content (AvgIpc) is 3.12. The fourth-order valence-corrected chi connectivity index (χ4v) is 3.50. The van der Waals surface area contributed by atoms with Gasteiger partial charge in [0.1, 0.15) is 11.6 Å². The molecule has 2 heterocycles. The predicted octanol–water partition coefficient (Wildman–Crippen LogP) is 1.05. The Morgan fingerprint density at radius 3 is 3.00 bits per heavy atom. The van der Waals surface area contributed by atoms with E-state index >= 15 is 0 Å². The standard InChI is InChI=1S/C13H14N4O3S/c1-2-17-10-4-3-8(5-9(10)14-15-17)12(18)16-7-21-6-11(16)13(19)20/h3-5,11H,2,6-7H2,1H3,(H,19,20). The summed E-state index contributed by atoms with van der Waals surface area (Å²) in [7, 11) is 0. The van der Waals surface area contributed by atoms with E-state index in [0.29, 0.717) is 29.3 Å². The van der Waals surface area contributed by atoms with Crippen LogP contribution in [0.15, 0.2) is 18.2 Å². The van der Waals surface area contributed by atoms with Crippen LogP contribution in [-0.4, -0.2) is 54.5 Å². The molecule has 1 saturated heterocycles. The Labute approximate surface area is 124 Å². The molecule has 0 aliphatic carbocycles. The fraction of sp³-hybridized carbons (Fsp3) is 0.385. The summed E-state index contributed by atoms with van der Waals surface area (Å²) in [5.41, 5.74) is 1.94. The Kier molecular flexibility index (Phi) is 3.54. The number of aliphatic carboxylic acids is 1. The van der Waals surface area contributed by atoms with Crippen molar-refractivity contribution in [2.45, 2.75) is 19.5 Å². The molecule has 1 atom stereocenters. The molecule has 1 aromatic heterocycles. The van der Waals surface area contributed by atoms with Gasteiger partial charge in [0.25, 0.3) is 5.91 Å². The summed E-state index contributed by atoms with van der Waals surface area (Å²) in [4.78, 5) is 25.0. The van der Waals surface area contributed by atoms with Crippen LogP contribution < -0.4 is 0 Å². The minimum Gasteiger partial charge on any atom is -0.480 e. The van der Waals surface area contributed by atoms with E-state index in [1.54, 1.807) is 22.9 Å². The van der Waals surface area contributed by atoms with Gasteiger partial charge in [-0.05, 0) is 25.1 Å². The van der Waals surface area contributed by atoms with Crippen molar-refractivity contribution in [2.75, 3.05) is 11.6 Å². The van der Waals surface area contributed by atoms with E-state index in [1.807, 2.05) is 6.92 Å². The zero-order valence-electron chi connectivity index (χ0n) is 11.4. The molecule has 110 valence electrons. The highest BCUT2D eigenvalue weighted by Gasteiger charge is 2.35. The summed E-state index contributed by atoms with van der Waals surface area (Å²) in [6.07, 6.45) is 0. The number of thioether (sulfide) groups is 1. The number of carbonyl (C=O) groups is 2. The molecule has 1 aliphatic rings. The summed E-state index contributed by atoms with van der Waals surface area (Å²) in [6.45, 7) is 2.67. The first-order valence-electron chi connectivity index (χ1n) is 6.56. The third-order valence-electron chi connectivity index (χ3n) is 3.49. The number of benzene rings is 1. The lowest BCUT2D eigenvalue weighted by Gasteiger charge is -2.20. The highest BCUT2D eigenvalue weighted by atomic mass is 32.2. The zero-order valence-corrected chi connectivity index (χ0v) is 12.2. The van der Waals surface area contributed by atoms with Gasteiger partial charge in [0.05, 0.1) is 11.4 Å². The van der Waals surface area contributed by atoms with Crippen molar-refractivity contribution in [3.63, 3.8) is 0 Å². The topological polar surface area (TPSA) is 88.3 Å². The van der Waals surface area contributed by atoms with Gasteiger partial charge in [-0.1, -0.05) is 5.21 Å². The number of hydrogen-bond acceptors (Lipinski definition) is 5. The Hall–Kier alpha value is -2.09. The SMILES string of the molecule is CCn1nnc2cc(C(=O)N3CSCC3C(=O)O)ccc21. The normalized spacial score (nSPS) is 18.3. The second kappa shape index (κ2) is 5.36. The van der Waals surface area contributed by atoms with Crippen LogP contribution in [0, 0.1) is 0 Å². The van der Waals surface area contributed by atoms with Gasteiger partial charge in [-0.2, -0.15) is 0 Å². The second-order valence-electron chi connectivity index (χ2n) is 4.74. The Balaban J connectivity index is 1.93. The molecule has 0 bridgehead atoms. The van der Waals surface area contributed by atoms with Crippen LogP contribution in [0.25, 0.3) is 11.0 Å². The van der Waals surface area contributed by atoms with Crippen LogP contribution in [-0.2, 0) is 11.3 Å². The zero-order chi connectivity index (χ0) is 15.0. The quantitative estimate of drug-likeness (QED) is 0.912. The van der Waals surface area contributed by atoms with Crippen molar-refractivity contribution in [3.05, 3.63) is 23.8 Å². The fourth-order valence-electron chi connectivity index (χ4n) is 2.35. The largest absolute Gasteiger partial charge is 0.480 e. The highest BCUT2D eigenvalue weighted by molar-refractivity contribution is 7.99. The van der Waals surface area contributed by atoms with Gasteiger partial charge in [0.2, 0.25) is 0 Å². The molecule has 1 unspecified atom stereocenters. The Morgan fingerprint density at radius 2 is 2.29 bits per heavy atom. The van der Waals surface area contributed by atoms with Crippen LogP contribution in [0.3, 0.4) is 0 Å². The number of nitrogens with zero attached hydrogens (tertiary/aromatic N) is 4. The van der Waals surface area contributed by atoms with E-state index in [1.165, 1.54) is 16.7 Å². The van der Waals surface area contributed by atoms with E-state index in [9.17, 15) is 9.59 Å². The van der Waals surface area contributed by atoms with Crippen LogP contribution in [0.2, 0.25) is 0 Å². The first kappa shape index (κ1) is 13.9. The van der Waals surface area contributed by atoms with Gasteiger partial charge < -0.3 is 10.0 Å². The lowest BCUT2D eigenvalue weighted by molar-refractivity contribution is -0.140. The molecular weight excluding hydrogens is 292 g/mol. The van der Waals surface area contributed by atoms with Crippen molar-refractivity contribution in [3.8, 4) is 0 Å². The van der Waals surface area contributed by atoms with Gasteiger partial charge in [-0.15, -0.1) is 16.9 Å². The molecule has 8 heteroatoms. The van der Waals surface area contributed by atoms with Gasteiger partial charge in [0.15, 0.2) is 0 Å². The number of carbonyl (C=O) groups excluding carboxylic acids is 1. The number of carboxylic acid groups (broad SMARTS) is 1. The molecule has 7 nitrogen and oxygen atoms in total. The molecule has 1 N–H and O–H groups in total. The lowest BCUT2D eigenvalue weighted by Crippen LogP contribution is -2.41. The van der Waals surface area contributed by atoms with Crippen molar-refractivity contribution in [2.24, 2.45) is 0 Å². The number of carboxylic acids is 1. The lowest BCUT2D eigenvalue weighted by atomic mass is 10.1. The van der Waals surface area contributed by atoms with Crippen molar-refractivity contribution >= 4 is 34.7 Å². The first-order chi connectivity index (χ1) is 10.1. The maximum atomic E-state index is 12.5. The highest BCUT2D eigenvalue weighted by Crippen LogP contribution is 2.24. The number of aromatic nitrogens is 3. The summed E-state index contributed by atoms with van der Waals surface area (Å²) >= 11 is 1.45.